The first-order valence-corrected chi connectivity index (χ1v) is 12.1. The summed E-state index contributed by atoms with van der Waals surface area (Å²) in [4.78, 5) is 13.6. The number of nitrogens with one attached hydrogen (secondary N) is 1. The maximum Gasteiger partial charge on any atom is 0.231 e. The van der Waals surface area contributed by atoms with Crippen molar-refractivity contribution in [2.24, 2.45) is 0 Å². The summed E-state index contributed by atoms with van der Waals surface area (Å²) in [6.07, 6.45) is 2.11. The molecular weight excluding hydrogens is 426 g/mol. The Morgan fingerprint density at radius 3 is 2.19 bits per heavy atom. The number of rotatable bonds is 7. The van der Waals surface area contributed by atoms with Crippen LogP contribution in [0.15, 0.2) is 71.6 Å². The molecule has 0 atom stereocenters. The van der Waals surface area contributed by atoms with E-state index in [2.05, 4.69) is 4.72 Å². The molecule has 0 amide bonds. The van der Waals surface area contributed by atoms with E-state index in [9.17, 15) is 13.9 Å². The van der Waals surface area contributed by atoms with E-state index >= 15 is 0 Å². The lowest BCUT2D eigenvalue weighted by molar-refractivity contribution is -0.120. The first-order chi connectivity index (χ1) is 15.4. The molecule has 0 bridgehead atoms. The Kier molecular flexibility index (Phi) is 5.22. The average Bonchev–Trinajstić information content (AvgIpc) is 3.50. The standard InChI is InChI=1S/C25H25NO5S/c1-26-32(28,29)21-9-6-19(7-10-21)18-4-2-17(3-5-18)14-24(27)25(12-13-25)20-8-11-22-23(15-20)31-16-30-22/h2-11,15,26,28-29H,12-14,16H2,1H3. The van der Waals surface area contributed by atoms with E-state index < -0.39 is 16.2 Å². The van der Waals surface area contributed by atoms with Gasteiger partial charge in [0.15, 0.2) is 11.5 Å². The maximum atomic E-state index is 13.2. The van der Waals surface area contributed by atoms with Crippen molar-refractivity contribution in [1.82, 2.24) is 4.72 Å². The fraction of sp³-hybridized carbons (Fsp3) is 0.240. The molecule has 0 unspecified atom stereocenters. The Hall–Kier alpha value is -2.84. The Morgan fingerprint density at radius 2 is 1.56 bits per heavy atom. The molecule has 3 aromatic carbocycles. The van der Waals surface area contributed by atoms with Crippen LogP contribution in [0.2, 0.25) is 0 Å². The third-order valence-corrected chi connectivity index (χ3v) is 7.83. The zero-order valence-electron chi connectivity index (χ0n) is 17.7. The predicted molar refractivity (Wildman–Crippen MR) is 124 cm³/mol. The molecule has 0 aromatic heterocycles. The second kappa shape index (κ2) is 7.94. The molecule has 0 spiro atoms. The SMILES string of the molecule is CNS(O)(O)c1ccc(-c2ccc(CC(=O)C3(c4ccc5c(c4)OCO5)CC3)cc2)cc1. The van der Waals surface area contributed by atoms with Gasteiger partial charge in [0.25, 0.3) is 0 Å². The third kappa shape index (κ3) is 3.78. The molecule has 6 nitrogen and oxygen atoms in total. The van der Waals surface area contributed by atoms with Crippen LogP contribution in [-0.2, 0) is 16.6 Å². The molecule has 2 aliphatic rings. The van der Waals surface area contributed by atoms with Crippen molar-refractivity contribution in [3.63, 3.8) is 0 Å². The van der Waals surface area contributed by atoms with E-state index in [1.165, 1.54) is 7.05 Å². The molecule has 1 fully saturated rings. The van der Waals surface area contributed by atoms with E-state index in [1.54, 1.807) is 12.1 Å². The Labute approximate surface area is 188 Å². The highest BCUT2D eigenvalue weighted by Gasteiger charge is 2.50. The van der Waals surface area contributed by atoms with Gasteiger partial charge in [-0.15, -0.1) is 10.8 Å². The lowest BCUT2D eigenvalue weighted by atomic mass is 9.87. The van der Waals surface area contributed by atoms with Crippen molar-refractivity contribution in [1.29, 1.82) is 0 Å². The molecule has 1 saturated carbocycles. The number of Topliss-reactive ketones (excluding diaryl/α,β-unsaturated/α-hetero) is 1. The Bertz CT molecular complexity index is 1150. The van der Waals surface area contributed by atoms with Crippen LogP contribution in [0.1, 0.15) is 24.0 Å². The minimum atomic E-state index is -2.95. The number of hydrogen-bond acceptors (Lipinski definition) is 6. The van der Waals surface area contributed by atoms with Gasteiger partial charge in [0.1, 0.15) is 5.78 Å². The molecule has 166 valence electrons. The summed E-state index contributed by atoms with van der Waals surface area (Å²) >= 11 is 0. The summed E-state index contributed by atoms with van der Waals surface area (Å²) in [5.74, 6) is 1.68. The van der Waals surface area contributed by atoms with Crippen LogP contribution in [-0.4, -0.2) is 28.7 Å². The van der Waals surface area contributed by atoms with E-state index in [1.807, 2.05) is 54.6 Å². The molecule has 5 rings (SSSR count). The van der Waals surface area contributed by atoms with Crippen LogP contribution < -0.4 is 14.2 Å². The topological polar surface area (TPSA) is 88.0 Å². The van der Waals surface area contributed by atoms with Gasteiger partial charge in [-0.3, -0.25) is 13.9 Å². The molecular formula is C25H25NO5S. The van der Waals surface area contributed by atoms with Crippen LogP contribution in [0.5, 0.6) is 11.5 Å². The molecule has 0 saturated heterocycles. The largest absolute Gasteiger partial charge is 0.454 e. The van der Waals surface area contributed by atoms with Crippen LogP contribution in [0.25, 0.3) is 11.1 Å². The summed E-state index contributed by atoms with van der Waals surface area (Å²) in [5, 5.41) is 0. The predicted octanol–water partition coefficient (Wildman–Crippen LogP) is 5.17. The second-order valence-electron chi connectivity index (χ2n) is 8.22. The zero-order chi connectivity index (χ0) is 22.3. The lowest BCUT2D eigenvalue weighted by Gasteiger charge is -2.31. The maximum absolute atomic E-state index is 13.2. The van der Waals surface area contributed by atoms with Crippen molar-refractivity contribution < 1.29 is 23.4 Å². The van der Waals surface area contributed by atoms with Crippen molar-refractivity contribution in [2.75, 3.05) is 13.8 Å². The van der Waals surface area contributed by atoms with Gasteiger partial charge in [0.2, 0.25) is 6.79 Å². The Morgan fingerprint density at radius 1 is 0.938 bits per heavy atom. The molecule has 3 N–H and O–H groups in total. The number of ether oxygens (including phenoxy) is 2. The third-order valence-electron chi connectivity index (χ3n) is 6.33. The fourth-order valence-electron chi connectivity index (χ4n) is 4.17. The smallest absolute Gasteiger partial charge is 0.231 e. The normalized spacial score (nSPS) is 16.6. The summed E-state index contributed by atoms with van der Waals surface area (Å²) < 4.78 is 33.3. The van der Waals surface area contributed by atoms with Crippen LogP contribution in [0.4, 0.5) is 0 Å². The number of carbonyl (C=O) groups is 1. The number of benzene rings is 3. The van der Waals surface area contributed by atoms with Crippen molar-refractivity contribution in [2.45, 2.75) is 29.6 Å². The van der Waals surface area contributed by atoms with Crippen LogP contribution >= 0.6 is 10.8 Å². The fourth-order valence-corrected chi connectivity index (χ4v) is 4.92. The van der Waals surface area contributed by atoms with Crippen LogP contribution in [0.3, 0.4) is 0 Å². The number of fused-ring (bicyclic) bond motifs is 1. The average molecular weight is 452 g/mol. The zero-order valence-corrected chi connectivity index (χ0v) is 18.5. The van der Waals surface area contributed by atoms with Gasteiger partial charge < -0.3 is 9.47 Å². The summed E-state index contributed by atoms with van der Waals surface area (Å²) in [6, 6.07) is 20.9. The van der Waals surface area contributed by atoms with Crippen molar-refractivity contribution in [3.05, 3.63) is 77.9 Å². The monoisotopic (exact) mass is 451 g/mol. The minimum Gasteiger partial charge on any atom is -0.454 e. The van der Waals surface area contributed by atoms with Gasteiger partial charge in [0, 0.05) is 13.5 Å². The summed E-state index contributed by atoms with van der Waals surface area (Å²) in [7, 11) is -1.44. The van der Waals surface area contributed by atoms with Gasteiger partial charge in [0.05, 0.1) is 10.3 Å². The van der Waals surface area contributed by atoms with Crippen molar-refractivity contribution in [3.8, 4) is 22.6 Å². The summed E-state index contributed by atoms with van der Waals surface area (Å²) in [5.41, 5.74) is 3.55. The van der Waals surface area contributed by atoms with E-state index in [4.69, 9.17) is 9.47 Å². The highest BCUT2D eigenvalue weighted by molar-refractivity contribution is 8.22. The molecule has 32 heavy (non-hydrogen) atoms. The first kappa shape index (κ1) is 21.0. The number of carbonyl (C=O) groups excluding carboxylic acids is 1. The van der Waals surface area contributed by atoms with E-state index in [0.717, 1.165) is 40.8 Å². The number of ketones is 1. The minimum absolute atomic E-state index is 0.228. The van der Waals surface area contributed by atoms with Gasteiger partial charge in [-0.05, 0) is 59.4 Å². The highest BCUT2D eigenvalue weighted by Crippen LogP contribution is 2.51. The molecule has 3 aromatic rings. The van der Waals surface area contributed by atoms with Crippen molar-refractivity contribution >= 4 is 16.6 Å². The van der Waals surface area contributed by atoms with Gasteiger partial charge >= 0.3 is 0 Å². The molecule has 1 aliphatic carbocycles. The quantitative estimate of drug-likeness (QED) is 0.459. The van der Waals surface area contributed by atoms with Gasteiger partial charge in [-0.1, -0.05) is 42.5 Å². The van der Waals surface area contributed by atoms with Gasteiger partial charge in [-0.2, -0.15) is 0 Å². The molecule has 0 radical (unpaired) electrons. The van der Waals surface area contributed by atoms with Gasteiger partial charge in [-0.25, -0.2) is 4.72 Å². The molecule has 7 heteroatoms. The van der Waals surface area contributed by atoms with E-state index in [-0.39, 0.29) is 12.6 Å². The van der Waals surface area contributed by atoms with Crippen LogP contribution in [0, 0.1) is 0 Å². The summed E-state index contributed by atoms with van der Waals surface area (Å²) in [6.45, 7) is 0.229. The lowest BCUT2D eigenvalue weighted by Crippen LogP contribution is -2.22. The molecule has 1 aliphatic heterocycles. The van der Waals surface area contributed by atoms with E-state index in [0.29, 0.717) is 17.1 Å². The number of hydrogen-bond donors (Lipinski definition) is 3. The molecule has 1 heterocycles. The first-order valence-electron chi connectivity index (χ1n) is 10.5. The second-order valence-corrected chi connectivity index (χ2v) is 10.2. The Balaban J connectivity index is 1.29. The highest BCUT2D eigenvalue weighted by atomic mass is 32.3.